The molecule has 0 fully saturated rings. The van der Waals surface area contributed by atoms with Crippen molar-refractivity contribution in [3.63, 3.8) is 0 Å². The van der Waals surface area contributed by atoms with Crippen LogP contribution in [-0.4, -0.2) is 25.0 Å². The molecule has 0 aromatic heterocycles. The van der Waals surface area contributed by atoms with Gasteiger partial charge < -0.3 is 10.1 Å². The van der Waals surface area contributed by atoms with Crippen LogP contribution in [0.3, 0.4) is 0 Å². The second-order valence-corrected chi connectivity index (χ2v) is 4.61. The van der Waals surface area contributed by atoms with Gasteiger partial charge in [-0.15, -0.1) is 0 Å². The fraction of sp³-hybridized carbons (Fsp3) is 0.385. The van der Waals surface area contributed by atoms with Gasteiger partial charge >= 0.3 is 5.97 Å². The first-order valence-electron chi connectivity index (χ1n) is 5.60. The van der Waals surface area contributed by atoms with Crippen LogP contribution in [0.25, 0.3) is 0 Å². The number of carbonyl (C=O) groups excluding carboxylic acids is 2. The Kier molecular flexibility index (Phi) is 5.16. The zero-order valence-electron chi connectivity index (χ0n) is 10.6. The van der Waals surface area contributed by atoms with Crippen LogP contribution in [-0.2, 0) is 9.53 Å². The Balaban J connectivity index is 2.86. The molecule has 5 heteroatoms. The van der Waals surface area contributed by atoms with Gasteiger partial charge in [0, 0.05) is 0 Å². The molecule has 0 spiro atoms. The lowest BCUT2D eigenvalue weighted by molar-refractivity contribution is -0.144. The highest BCUT2D eigenvalue weighted by Gasteiger charge is 2.25. The van der Waals surface area contributed by atoms with E-state index in [1.165, 1.54) is 7.11 Å². The first-order valence-corrected chi connectivity index (χ1v) is 5.98. The van der Waals surface area contributed by atoms with E-state index in [1.807, 2.05) is 13.8 Å². The smallest absolute Gasteiger partial charge is 0.328 e. The molecule has 4 nitrogen and oxygen atoms in total. The van der Waals surface area contributed by atoms with Crippen LogP contribution in [0.1, 0.15) is 24.2 Å². The second-order valence-electron chi connectivity index (χ2n) is 4.20. The molecular weight excluding hydrogens is 254 g/mol. The molecule has 1 N–H and O–H groups in total. The van der Waals surface area contributed by atoms with E-state index in [0.717, 1.165) is 0 Å². The highest BCUT2D eigenvalue weighted by atomic mass is 35.5. The van der Waals surface area contributed by atoms with Gasteiger partial charge in [-0.2, -0.15) is 0 Å². The van der Waals surface area contributed by atoms with E-state index < -0.39 is 12.0 Å². The molecule has 0 heterocycles. The SMILES string of the molecule is COC(=O)C(NC(=O)c1ccccc1Cl)C(C)C. The van der Waals surface area contributed by atoms with Crippen LogP contribution in [0.4, 0.5) is 0 Å². The predicted molar refractivity (Wildman–Crippen MR) is 69.6 cm³/mol. The minimum Gasteiger partial charge on any atom is -0.467 e. The third kappa shape index (κ3) is 3.47. The summed E-state index contributed by atoms with van der Waals surface area (Å²) in [6.07, 6.45) is 0. The molecule has 1 atom stereocenters. The molecule has 1 aromatic rings. The van der Waals surface area contributed by atoms with Crippen molar-refractivity contribution in [1.82, 2.24) is 5.32 Å². The highest BCUT2D eigenvalue weighted by Crippen LogP contribution is 2.15. The average Bonchev–Trinajstić information content (AvgIpc) is 2.35. The number of carbonyl (C=O) groups is 2. The number of hydrogen-bond acceptors (Lipinski definition) is 3. The van der Waals surface area contributed by atoms with E-state index in [1.54, 1.807) is 24.3 Å². The number of nitrogens with one attached hydrogen (secondary N) is 1. The summed E-state index contributed by atoms with van der Waals surface area (Å²) in [5.74, 6) is -0.918. The molecule has 0 saturated heterocycles. The van der Waals surface area contributed by atoms with Gasteiger partial charge in [0.1, 0.15) is 6.04 Å². The van der Waals surface area contributed by atoms with Crippen molar-refractivity contribution in [3.05, 3.63) is 34.9 Å². The molecular formula is C13H16ClNO3. The summed E-state index contributed by atoms with van der Waals surface area (Å²) < 4.78 is 4.65. The fourth-order valence-corrected chi connectivity index (χ4v) is 1.71. The van der Waals surface area contributed by atoms with E-state index >= 15 is 0 Å². The fourth-order valence-electron chi connectivity index (χ4n) is 1.49. The van der Waals surface area contributed by atoms with Crippen molar-refractivity contribution >= 4 is 23.5 Å². The van der Waals surface area contributed by atoms with Gasteiger partial charge in [-0.1, -0.05) is 37.6 Å². The van der Waals surface area contributed by atoms with E-state index in [9.17, 15) is 9.59 Å². The quantitative estimate of drug-likeness (QED) is 0.853. The Morgan fingerprint density at radius 3 is 2.39 bits per heavy atom. The van der Waals surface area contributed by atoms with Crippen LogP contribution in [0, 0.1) is 5.92 Å². The maximum atomic E-state index is 12.0. The largest absolute Gasteiger partial charge is 0.467 e. The van der Waals surface area contributed by atoms with Crippen LogP contribution in [0.2, 0.25) is 5.02 Å². The van der Waals surface area contributed by atoms with Crippen LogP contribution >= 0.6 is 11.6 Å². The summed E-state index contributed by atoms with van der Waals surface area (Å²) in [5, 5.41) is 2.98. The van der Waals surface area contributed by atoms with Crippen molar-refractivity contribution in [2.24, 2.45) is 5.92 Å². The summed E-state index contributed by atoms with van der Waals surface area (Å²) >= 11 is 5.92. The van der Waals surface area contributed by atoms with Crippen molar-refractivity contribution in [1.29, 1.82) is 0 Å². The van der Waals surface area contributed by atoms with Crippen LogP contribution in [0.5, 0.6) is 0 Å². The van der Waals surface area contributed by atoms with Gasteiger partial charge in [0.25, 0.3) is 5.91 Å². The Morgan fingerprint density at radius 2 is 1.89 bits per heavy atom. The Hall–Kier alpha value is -1.55. The number of esters is 1. The highest BCUT2D eigenvalue weighted by molar-refractivity contribution is 6.33. The molecule has 18 heavy (non-hydrogen) atoms. The lowest BCUT2D eigenvalue weighted by Crippen LogP contribution is -2.45. The van der Waals surface area contributed by atoms with E-state index in [2.05, 4.69) is 10.1 Å². The van der Waals surface area contributed by atoms with E-state index in [0.29, 0.717) is 10.6 Å². The number of amides is 1. The minimum absolute atomic E-state index is 0.0658. The number of methoxy groups -OCH3 is 1. The number of ether oxygens (including phenoxy) is 1. The van der Waals surface area contributed by atoms with Gasteiger partial charge in [-0.25, -0.2) is 4.79 Å². The molecule has 0 aliphatic rings. The molecule has 0 bridgehead atoms. The number of rotatable bonds is 4. The second kappa shape index (κ2) is 6.40. The summed E-state index contributed by atoms with van der Waals surface area (Å²) in [7, 11) is 1.29. The minimum atomic E-state index is -0.682. The molecule has 0 saturated carbocycles. The zero-order chi connectivity index (χ0) is 13.7. The van der Waals surface area contributed by atoms with Gasteiger partial charge in [-0.05, 0) is 18.1 Å². The maximum Gasteiger partial charge on any atom is 0.328 e. The van der Waals surface area contributed by atoms with Crippen molar-refractivity contribution < 1.29 is 14.3 Å². The van der Waals surface area contributed by atoms with Crippen molar-refractivity contribution in [3.8, 4) is 0 Å². The van der Waals surface area contributed by atoms with Crippen LogP contribution < -0.4 is 5.32 Å². The molecule has 0 aliphatic carbocycles. The number of hydrogen-bond donors (Lipinski definition) is 1. The van der Waals surface area contributed by atoms with Gasteiger partial charge in [-0.3, -0.25) is 4.79 Å². The summed E-state index contributed by atoms with van der Waals surface area (Å²) in [6, 6.07) is 5.99. The molecule has 0 radical (unpaired) electrons. The van der Waals surface area contributed by atoms with Gasteiger partial charge in [0.05, 0.1) is 17.7 Å². The molecule has 1 amide bonds. The normalized spacial score (nSPS) is 12.1. The molecule has 1 rings (SSSR count). The standard InChI is InChI=1S/C13H16ClNO3/c1-8(2)11(13(17)18-3)15-12(16)9-6-4-5-7-10(9)14/h4-8,11H,1-3H3,(H,15,16). The monoisotopic (exact) mass is 269 g/mol. The number of benzene rings is 1. The molecule has 1 aromatic carbocycles. The topological polar surface area (TPSA) is 55.4 Å². The first kappa shape index (κ1) is 14.5. The van der Waals surface area contributed by atoms with Crippen LogP contribution in [0.15, 0.2) is 24.3 Å². The average molecular weight is 270 g/mol. The Labute approximate surface area is 111 Å². The molecule has 98 valence electrons. The van der Waals surface area contributed by atoms with Gasteiger partial charge in [0.2, 0.25) is 0 Å². The van der Waals surface area contributed by atoms with Crippen molar-refractivity contribution in [2.45, 2.75) is 19.9 Å². The third-order valence-electron chi connectivity index (χ3n) is 2.53. The zero-order valence-corrected chi connectivity index (χ0v) is 11.3. The summed E-state index contributed by atoms with van der Waals surface area (Å²) in [6.45, 7) is 3.66. The molecule has 1 unspecified atom stereocenters. The summed E-state index contributed by atoms with van der Waals surface area (Å²) in [4.78, 5) is 23.5. The molecule has 0 aliphatic heterocycles. The van der Waals surface area contributed by atoms with E-state index in [4.69, 9.17) is 11.6 Å². The Bertz CT molecular complexity index is 446. The van der Waals surface area contributed by atoms with Gasteiger partial charge in [0.15, 0.2) is 0 Å². The Morgan fingerprint density at radius 1 is 1.28 bits per heavy atom. The maximum absolute atomic E-state index is 12.0. The summed E-state index contributed by atoms with van der Waals surface area (Å²) in [5.41, 5.74) is 0.341. The first-order chi connectivity index (χ1) is 8.47. The third-order valence-corrected chi connectivity index (χ3v) is 2.86. The lowest BCUT2D eigenvalue weighted by Gasteiger charge is -2.20. The van der Waals surface area contributed by atoms with E-state index in [-0.39, 0.29) is 11.8 Å². The predicted octanol–water partition coefficient (Wildman–Crippen LogP) is 2.27. The number of halogens is 1. The van der Waals surface area contributed by atoms with Crippen molar-refractivity contribution in [2.75, 3.05) is 7.11 Å². The lowest BCUT2D eigenvalue weighted by atomic mass is 10.0.